The van der Waals surface area contributed by atoms with Crippen LogP contribution in [0.25, 0.3) is 27.7 Å². The lowest BCUT2D eigenvalue weighted by molar-refractivity contribution is 0.148. The molecule has 2 atom stereocenters. The standard InChI is InChI=1S/C23H26N6O/c1-14-9-21(26-28-13-15(2)25-22(14)28)17-5-6-20-18(11-17)12-24-29(23(20)30)19-7-8-27(4)16(3)10-19/h5-6,9,11-13,16,19H,7-8,10H2,1-4H3/t16-,19-/m1/s1. The minimum Gasteiger partial charge on any atom is -0.304 e. The van der Waals surface area contributed by atoms with E-state index in [1.54, 1.807) is 4.68 Å². The Kier molecular flexibility index (Phi) is 4.43. The molecule has 4 aromatic rings. The molecule has 30 heavy (non-hydrogen) atoms. The molecule has 0 radical (unpaired) electrons. The van der Waals surface area contributed by atoms with Crippen LogP contribution in [-0.4, -0.2) is 48.9 Å². The van der Waals surface area contributed by atoms with Crippen LogP contribution in [0.3, 0.4) is 0 Å². The molecule has 1 aliphatic heterocycles. The van der Waals surface area contributed by atoms with E-state index >= 15 is 0 Å². The quantitative estimate of drug-likeness (QED) is 0.514. The Morgan fingerprint density at radius 2 is 2.00 bits per heavy atom. The first-order valence-corrected chi connectivity index (χ1v) is 10.5. The molecule has 1 saturated heterocycles. The number of rotatable bonds is 2. The molecule has 0 amide bonds. The highest BCUT2D eigenvalue weighted by molar-refractivity contribution is 5.85. The Bertz CT molecular complexity index is 1320. The number of likely N-dealkylation sites (tertiary alicyclic amines) is 1. The molecule has 1 aliphatic rings. The van der Waals surface area contributed by atoms with Crippen LogP contribution in [0.4, 0.5) is 0 Å². The maximum atomic E-state index is 13.2. The number of aryl methyl sites for hydroxylation is 2. The van der Waals surface area contributed by atoms with Crippen LogP contribution < -0.4 is 5.56 Å². The van der Waals surface area contributed by atoms with Crippen molar-refractivity contribution < 1.29 is 0 Å². The SMILES string of the molecule is Cc1cn2nc(-c3ccc4c(=O)n([C@@H]5CCN(C)[C@H](C)C5)ncc4c3)cc(C)c2n1. The van der Waals surface area contributed by atoms with Crippen molar-refractivity contribution in [2.45, 2.75) is 45.7 Å². The van der Waals surface area contributed by atoms with Gasteiger partial charge in [0, 0.05) is 23.5 Å². The third kappa shape index (κ3) is 3.10. The monoisotopic (exact) mass is 402 g/mol. The van der Waals surface area contributed by atoms with E-state index in [-0.39, 0.29) is 11.6 Å². The van der Waals surface area contributed by atoms with Gasteiger partial charge in [0.05, 0.1) is 35.2 Å². The number of hydrogen-bond acceptors (Lipinski definition) is 5. The molecule has 4 heterocycles. The number of aromatic nitrogens is 5. The summed E-state index contributed by atoms with van der Waals surface area (Å²) in [5, 5.41) is 10.8. The zero-order chi connectivity index (χ0) is 21.0. The van der Waals surface area contributed by atoms with Gasteiger partial charge in [-0.05, 0) is 64.4 Å². The maximum Gasteiger partial charge on any atom is 0.274 e. The van der Waals surface area contributed by atoms with Crippen LogP contribution in [0.5, 0.6) is 0 Å². The molecule has 7 nitrogen and oxygen atoms in total. The first kappa shape index (κ1) is 18.9. The Balaban J connectivity index is 1.55. The van der Waals surface area contributed by atoms with Gasteiger partial charge in [0.2, 0.25) is 0 Å². The van der Waals surface area contributed by atoms with Gasteiger partial charge >= 0.3 is 0 Å². The van der Waals surface area contributed by atoms with Crippen LogP contribution in [0.15, 0.2) is 41.5 Å². The third-order valence-electron chi connectivity index (χ3n) is 6.36. The number of hydrogen-bond donors (Lipinski definition) is 0. The first-order chi connectivity index (χ1) is 14.4. The lowest BCUT2D eigenvalue weighted by Gasteiger charge is -2.35. The van der Waals surface area contributed by atoms with E-state index in [0.717, 1.165) is 52.9 Å². The zero-order valence-corrected chi connectivity index (χ0v) is 17.8. The van der Waals surface area contributed by atoms with Gasteiger partial charge in [-0.3, -0.25) is 4.79 Å². The largest absolute Gasteiger partial charge is 0.304 e. The van der Waals surface area contributed by atoms with E-state index in [9.17, 15) is 4.79 Å². The van der Waals surface area contributed by atoms with E-state index in [1.807, 2.05) is 55.0 Å². The van der Waals surface area contributed by atoms with Crippen LogP contribution >= 0.6 is 0 Å². The van der Waals surface area contributed by atoms with Gasteiger partial charge < -0.3 is 4.90 Å². The second-order valence-corrected chi connectivity index (χ2v) is 8.57. The second-order valence-electron chi connectivity index (χ2n) is 8.57. The summed E-state index contributed by atoms with van der Waals surface area (Å²) >= 11 is 0. The summed E-state index contributed by atoms with van der Waals surface area (Å²) < 4.78 is 3.51. The van der Waals surface area contributed by atoms with Gasteiger partial charge in [0.25, 0.3) is 5.56 Å². The number of imidazole rings is 1. The molecule has 5 rings (SSSR count). The minimum absolute atomic E-state index is 0.00868. The molecule has 1 aromatic carbocycles. The number of nitrogens with zero attached hydrogens (tertiary/aromatic N) is 6. The third-order valence-corrected chi connectivity index (χ3v) is 6.36. The molecule has 1 fully saturated rings. The van der Waals surface area contributed by atoms with Crippen LogP contribution in [0.2, 0.25) is 0 Å². The highest BCUT2D eigenvalue weighted by Gasteiger charge is 2.25. The first-order valence-electron chi connectivity index (χ1n) is 10.5. The molecule has 0 unspecified atom stereocenters. The fourth-order valence-electron chi connectivity index (χ4n) is 4.46. The maximum absolute atomic E-state index is 13.2. The van der Waals surface area contributed by atoms with Crippen molar-refractivity contribution in [1.82, 2.24) is 29.3 Å². The summed E-state index contributed by atoms with van der Waals surface area (Å²) in [6, 6.07) is 8.53. The van der Waals surface area contributed by atoms with Gasteiger partial charge in [-0.25, -0.2) is 14.2 Å². The topological polar surface area (TPSA) is 68.3 Å². The lowest BCUT2D eigenvalue weighted by atomic mass is 9.99. The predicted molar refractivity (Wildman–Crippen MR) is 118 cm³/mol. The van der Waals surface area contributed by atoms with E-state index in [2.05, 4.69) is 29.0 Å². The van der Waals surface area contributed by atoms with Gasteiger partial charge in [-0.15, -0.1) is 0 Å². The Hall–Kier alpha value is -3.06. The van der Waals surface area contributed by atoms with Crippen LogP contribution in [0.1, 0.15) is 37.1 Å². The average Bonchev–Trinajstić information content (AvgIpc) is 3.11. The fourth-order valence-corrected chi connectivity index (χ4v) is 4.46. The molecule has 0 saturated carbocycles. The van der Waals surface area contributed by atoms with Crippen molar-refractivity contribution in [2.75, 3.05) is 13.6 Å². The number of fused-ring (bicyclic) bond motifs is 2. The molecular formula is C23H26N6O. The summed E-state index contributed by atoms with van der Waals surface area (Å²) in [6.45, 7) is 7.19. The van der Waals surface area contributed by atoms with Crippen LogP contribution in [-0.2, 0) is 0 Å². The molecular weight excluding hydrogens is 376 g/mol. The molecule has 0 bridgehead atoms. The van der Waals surface area contributed by atoms with Crippen molar-refractivity contribution in [3.05, 3.63) is 58.3 Å². The van der Waals surface area contributed by atoms with Crippen molar-refractivity contribution >= 4 is 16.4 Å². The van der Waals surface area contributed by atoms with E-state index in [1.165, 1.54) is 0 Å². The van der Waals surface area contributed by atoms with Gasteiger partial charge in [-0.1, -0.05) is 6.07 Å². The minimum atomic E-state index is -0.00868. The Labute approximate surface area is 175 Å². The smallest absolute Gasteiger partial charge is 0.274 e. The molecule has 7 heteroatoms. The molecule has 154 valence electrons. The van der Waals surface area contributed by atoms with Crippen molar-refractivity contribution in [2.24, 2.45) is 0 Å². The van der Waals surface area contributed by atoms with E-state index in [4.69, 9.17) is 5.10 Å². The highest BCUT2D eigenvalue weighted by atomic mass is 16.1. The number of benzene rings is 1. The summed E-state index contributed by atoms with van der Waals surface area (Å²) in [5.41, 5.74) is 4.69. The predicted octanol–water partition coefficient (Wildman–Crippen LogP) is 3.38. The Morgan fingerprint density at radius 3 is 2.80 bits per heavy atom. The fraction of sp³-hybridized carbons (Fsp3) is 0.391. The summed E-state index contributed by atoms with van der Waals surface area (Å²) in [6.07, 6.45) is 5.64. The normalized spacial score (nSPS) is 20.3. The average molecular weight is 403 g/mol. The van der Waals surface area contributed by atoms with Crippen molar-refractivity contribution in [3.8, 4) is 11.3 Å². The van der Waals surface area contributed by atoms with E-state index in [0.29, 0.717) is 11.4 Å². The summed E-state index contributed by atoms with van der Waals surface area (Å²) in [7, 11) is 2.14. The number of piperidine rings is 1. The zero-order valence-electron chi connectivity index (χ0n) is 17.8. The Morgan fingerprint density at radius 1 is 1.17 bits per heavy atom. The molecule has 3 aromatic heterocycles. The van der Waals surface area contributed by atoms with Crippen molar-refractivity contribution in [3.63, 3.8) is 0 Å². The van der Waals surface area contributed by atoms with Gasteiger partial charge in [-0.2, -0.15) is 10.2 Å². The molecule has 0 spiro atoms. The second kappa shape index (κ2) is 7.02. The van der Waals surface area contributed by atoms with Crippen molar-refractivity contribution in [1.29, 1.82) is 0 Å². The van der Waals surface area contributed by atoms with Gasteiger partial charge in [0.1, 0.15) is 0 Å². The summed E-state index contributed by atoms with van der Waals surface area (Å²) in [5.74, 6) is 0. The molecule has 0 N–H and O–H groups in total. The van der Waals surface area contributed by atoms with E-state index < -0.39 is 0 Å². The van der Waals surface area contributed by atoms with Crippen LogP contribution in [0, 0.1) is 13.8 Å². The molecule has 0 aliphatic carbocycles. The lowest BCUT2D eigenvalue weighted by Crippen LogP contribution is -2.41. The summed E-state index contributed by atoms with van der Waals surface area (Å²) in [4.78, 5) is 20.0. The highest BCUT2D eigenvalue weighted by Crippen LogP contribution is 2.26. The van der Waals surface area contributed by atoms with Gasteiger partial charge in [0.15, 0.2) is 5.65 Å².